The van der Waals surface area contributed by atoms with Crippen LogP contribution in [0.2, 0.25) is 0 Å². The van der Waals surface area contributed by atoms with Crippen molar-refractivity contribution in [3.05, 3.63) is 23.9 Å². The second-order valence-electron chi connectivity index (χ2n) is 2.67. The van der Waals surface area contributed by atoms with Gasteiger partial charge in [0.25, 0.3) is 5.91 Å². The number of carbonyl (C=O) groups excluding carboxylic acids is 1. The van der Waals surface area contributed by atoms with Crippen molar-refractivity contribution in [2.24, 2.45) is 0 Å². The van der Waals surface area contributed by atoms with E-state index < -0.39 is 18.5 Å². The van der Waals surface area contributed by atoms with Crippen LogP contribution in [0.4, 0.5) is 0 Å². The zero-order valence-corrected chi connectivity index (χ0v) is 8.47. The van der Waals surface area contributed by atoms with Crippen molar-refractivity contribution in [3.63, 3.8) is 0 Å². The van der Waals surface area contributed by atoms with Gasteiger partial charge in [0, 0.05) is 6.20 Å². The van der Waals surface area contributed by atoms with E-state index in [0.717, 1.165) is 0 Å². The van der Waals surface area contributed by atoms with Gasteiger partial charge in [-0.05, 0) is 12.1 Å². The molecule has 0 aromatic carbocycles. The molecule has 0 bridgehead atoms. The number of nitrogens with zero attached hydrogens (tertiary/aromatic N) is 1. The maximum atomic E-state index is 11.5. The number of carboxylic acid groups (broad SMARTS) is 1. The number of aromatic nitrogens is 1. The molecule has 86 valence electrons. The van der Waals surface area contributed by atoms with Crippen molar-refractivity contribution in [2.75, 3.05) is 13.7 Å². The molecule has 1 heterocycles. The van der Waals surface area contributed by atoms with Crippen LogP contribution < -0.4 is 10.2 Å². The van der Waals surface area contributed by atoms with Gasteiger partial charge in [-0.2, -0.15) is 0 Å². The molecule has 2 N–H and O–H groups in total. The molecule has 0 atom stereocenters. The van der Waals surface area contributed by atoms with Gasteiger partial charge in [-0.1, -0.05) is 0 Å². The Kier molecular flexibility index (Phi) is 4.22. The van der Waals surface area contributed by atoms with E-state index in [1.54, 1.807) is 6.07 Å². The number of hydrogen-bond acceptors (Lipinski definition) is 5. The van der Waals surface area contributed by atoms with E-state index in [0.29, 0.717) is 0 Å². The molecule has 0 aliphatic heterocycles. The average molecular weight is 226 g/mol. The van der Waals surface area contributed by atoms with Crippen LogP contribution in [0.3, 0.4) is 0 Å². The Bertz CT molecular complexity index is 393. The van der Waals surface area contributed by atoms with E-state index in [2.05, 4.69) is 9.82 Å². The van der Waals surface area contributed by atoms with Crippen LogP contribution in [-0.4, -0.2) is 35.7 Å². The summed E-state index contributed by atoms with van der Waals surface area (Å²) in [5.41, 5.74) is 2.13. The molecule has 16 heavy (non-hydrogen) atoms. The van der Waals surface area contributed by atoms with Crippen LogP contribution >= 0.6 is 0 Å². The highest BCUT2D eigenvalue weighted by atomic mass is 16.7. The predicted molar refractivity (Wildman–Crippen MR) is 51.8 cm³/mol. The molecule has 0 aliphatic rings. The Morgan fingerprint density at radius 1 is 1.56 bits per heavy atom. The number of carbonyl (C=O) groups is 2. The molecule has 7 heteroatoms. The van der Waals surface area contributed by atoms with Gasteiger partial charge in [0.05, 0.1) is 7.11 Å². The van der Waals surface area contributed by atoms with E-state index in [9.17, 15) is 9.59 Å². The molecular weight excluding hydrogens is 216 g/mol. The number of ether oxygens (including phenoxy) is 1. The summed E-state index contributed by atoms with van der Waals surface area (Å²) >= 11 is 0. The van der Waals surface area contributed by atoms with Crippen molar-refractivity contribution in [1.29, 1.82) is 0 Å². The molecule has 7 nitrogen and oxygen atoms in total. The number of pyridine rings is 1. The van der Waals surface area contributed by atoms with Crippen molar-refractivity contribution >= 4 is 11.9 Å². The first-order chi connectivity index (χ1) is 7.65. The molecule has 0 unspecified atom stereocenters. The summed E-state index contributed by atoms with van der Waals surface area (Å²) in [4.78, 5) is 29.8. The second-order valence-corrected chi connectivity index (χ2v) is 2.67. The highest BCUT2D eigenvalue weighted by molar-refractivity contribution is 5.95. The minimum Gasteiger partial charge on any atom is -0.480 e. The smallest absolute Gasteiger partial charge is 0.332 e. The lowest BCUT2D eigenvalue weighted by molar-refractivity contribution is -0.144. The number of aliphatic carboxylic acids is 1. The lowest BCUT2D eigenvalue weighted by atomic mass is 10.2. The Labute approximate surface area is 91.0 Å². The number of hydroxylamine groups is 1. The lowest BCUT2D eigenvalue weighted by Crippen LogP contribution is -2.27. The Morgan fingerprint density at radius 3 is 2.94 bits per heavy atom. The maximum absolute atomic E-state index is 11.5. The average Bonchev–Trinajstić information content (AvgIpc) is 2.28. The fourth-order valence-electron chi connectivity index (χ4n) is 0.945. The highest BCUT2D eigenvalue weighted by Crippen LogP contribution is 2.12. The lowest BCUT2D eigenvalue weighted by Gasteiger charge is -2.06. The van der Waals surface area contributed by atoms with Gasteiger partial charge in [-0.25, -0.2) is 15.3 Å². The summed E-state index contributed by atoms with van der Waals surface area (Å²) in [6.07, 6.45) is 1.47. The number of amides is 1. The second kappa shape index (κ2) is 5.66. The quantitative estimate of drug-likeness (QED) is 0.677. The monoisotopic (exact) mass is 226 g/mol. The fourth-order valence-corrected chi connectivity index (χ4v) is 0.945. The Balaban J connectivity index is 2.62. The number of methoxy groups -OCH3 is 1. The third-order valence-corrected chi connectivity index (χ3v) is 1.57. The maximum Gasteiger partial charge on any atom is 0.332 e. The van der Waals surface area contributed by atoms with E-state index in [-0.39, 0.29) is 11.4 Å². The van der Waals surface area contributed by atoms with E-state index in [1.807, 2.05) is 5.48 Å². The molecule has 0 fully saturated rings. The Morgan fingerprint density at radius 2 is 2.31 bits per heavy atom. The first-order valence-electron chi connectivity index (χ1n) is 4.28. The van der Waals surface area contributed by atoms with Crippen LogP contribution in [0, 0.1) is 0 Å². The molecule has 0 aliphatic carbocycles. The van der Waals surface area contributed by atoms with Crippen molar-refractivity contribution in [2.45, 2.75) is 0 Å². The minimum absolute atomic E-state index is 0.138. The van der Waals surface area contributed by atoms with Gasteiger partial charge in [-0.15, -0.1) is 0 Å². The molecule has 1 aromatic rings. The third-order valence-electron chi connectivity index (χ3n) is 1.57. The number of rotatable bonds is 5. The topological polar surface area (TPSA) is 97.8 Å². The van der Waals surface area contributed by atoms with Gasteiger partial charge in [-0.3, -0.25) is 9.63 Å². The summed E-state index contributed by atoms with van der Waals surface area (Å²) in [6, 6.07) is 3.03. The molecule has 0 saturated carbocycles. The SMILES string of the molecule is COc1ncccc1C(=O)NOCC(=O)O. The highest BCUT2D eigenvalue weighted by Gasteiger charge is 2.12. The van der Waals surface area contributed by atoms with E-state index in [4.69, 9.17) is 9.84 Å². The normalized spacial score (nSPS) is 9.56. The molecule has 1 rings (SSSR count). The van der Waals surface area contributed by atoms with Crippen LogP contribution in [0.1, 0.15) is 10.4 Å². The zero-order valence-electron chi connectivity index (χ0n) is 8.47. The summed E-state index contributed by atoms with van der Waals surface area (Å²) in [7, 11) is 1.37. The summed E-state index contributed by atoms with van der Waals surface area (Å²) in [6.45, 7) is -0.617. The zero-order chi connectivity index (χ0) is 12.0. The molecule has 1 aromatic heterocycles. The Hall–Kier alpha value is -2.15. The molecule has 0 spiro atoms. The van der Waals surface area contributed by atoms with Gasteiger partial charge in [0.1, 0.15) is 5.56 Å². The van der Waals surface area contributed by atoms with Crippen molar-refractivity contribution in [3.8, 4) is 5.88 Å². The van der Waals surface area contributed by atoms with Crippen LogP contribution in [0.15, 0.2) is 18.3 Å². The van der Waals surface area contributed by atoms with Crippen LogP contribution in [0.5, 0.6) is 5.88 Å². The van der Waals surface area contributed by atoms with Gasteiger partial charge in [0.2, 0.25) is 5.88 Å². The number of hydrogen-bond donors (Lipinski definition) is 2. The summed E-state index contributed by atoms with van der Waals surface area (Å²) < 4.78 is 4.85. The van der Waals surface area contributed by atoms with Gasteiger partial charge >= 0.3 is 5.97 Å². The van der Waals surface area contributed by atoms with Gasteiger partial charge in [0.15, 0.2) is 6.61 Å². The summed E-state index contributed by atoms with van der Waals surface area (Å²) in [5, 5.41) is 8.28. The minimum atomic E-state index is -1.18. The van der Waals surface area contributed by atoms with Crippen LogP contribution in [0.25, 0.3) is 0 Å². The fraction of sp³-hybridized carbons (Fsp3) is 0.222. The first kappa shape index (κ1) is 11.9. The summed E-state index contributed by atoms with van der Waals surface area (Å²) in [5.74, 6) is -1.66. The van der Waals surface area contributed by atoms with Gasteiger partial charge < -0.3 is 9.84 Å². The number of nitrogens with one attached hydrogen (secondary N) is 1. The van der Waals surface area contributed by atoms with Crippen molar-refractivity contribution < 1.29 is 24.3 Å². The van der Waals surface area contributed by atoms with E-state index >= 15 is 0 Å². The largest absolute Gasteiger partial charge is 0.480 e. The third kappa shape index (κ3) is 3.21. The van der Waals surface area contributed by atoms with E-state index in [1.165, 1.54) is 19.4 Å². The first-order valence-corrected chi connectivity index (χ1v) is 4.28. The molecule has 1 amide bonds. The standard InChI is InChI=1S/C9H10N2O5/c1-15-9-6(3-2-4-10-9)8(14)11-16-5-7(12)13/h2-4H,5H2,1H3,(H,11,14)(H,12,13). The molecular formula is C9H10N2O5. The van der Waals surface area contributed by atoms with Crippen LogP contribution in [-0.2, 0) is 9.63 Å². The predicted octanol–water partition coefficient (Wildman–Crippen LogP) is -0.164. The number of carboxylic acids is 1. The molecule has 0 saturated heterocycles. The van der Waals surface area contributed by atoms with Crippen molar-refractivity contribution in [1.82, 2.24) is 10.5 Å². The molecule has 0 radical (unpaired) electrons.